The van der Waals surface area contributed by atoms with Crippen LogP contribution >= 0.6 is 0 Å². The van der Waals surface area contributed by atoms with Gasteiger partial charge in [-0.05, 0) is 43.7 Å². The average Bonchev–Trinajstić information content (AvgIpc) is 3.31. The Bertz CT molecular complexity index is 523. The zero-order valence-electron chi connectivity index (χ0n) is 12.9. The Morgan fingerprint density at radius 3 is 2.57 bits per heavy atom. The van der Waals surface area contributed by atoms with Crippen LogP contribution in [0.25, 0.3) is 0 Å². The third kappa shape index (κ3) is 4.06. The minimum atomic E-state index is -0.761. The molecule has 1 amide bonds. The highest BCUT2D eigenvalue weighted by Gasteiger charge is 2.33. The van der Waals surface area contributed by atoms with E-state index < -0.39 is 6.10 Å². The van der Waals surface area contributed by atoms with Crippen LogP contribution in [0, 0.1) is 5.92 Å². The summed E-state index contributed by atoms with van der Waals surface area (Å²) in [6, 6.07) is 7.76. The maximum absolute atomic E-state index is 12.2. The fourth-order valence-corrected chi connectivity index (χ4v) is 2.14. The summed E-state index contributed by atoms with van der Waals surface area (Å²) in [5.41, 5.74) is 1.90. The molecule has 1 fully saturated rings. The van der Waals surface area contributed by atoms with Gasteiger partial charge >= 0.3 is 5.97 Å². The van der Waals surface area contributed by atoms with Gasteiger partial charge in [0.25, 0.3) is 5.91 Å². The monoisotopic (exact) mass is 289 g/mol. The van der Waals surface area contributed by atoms with Crippen LogP contribution in [0.4, 0.5) is 5.69 Å². The first-order valence-electron chi connectivity index (χ1n) is 7.63. The fourth-order valence-electron chi connectivity index (χ4n) is 2.14. The van der Waals surface area contributed by atoms with Crippen molar-refractivity contribution in [2.75, 3.05) is 5.32 Å². The van der Waals surface area contributed by atoms with E-state index >= 15 is 0 Å². The van der Waals surface area contributed by atoms with Crippen LogP contribution < -0.4 is 5.32 Å². The highest BCUT2D eigenvalue weighted by Crippen LogP contribution is 2.31. The quantitative estimate of drug-likeness (QED) is 0.816. The molecule has 0 saturated heterocycles. The van der Waals surface area contributed by atoms with Gasteiger partial charge in [0.15, 0.2) is 6.10 Å². The molecule has 0 unspecified atom stereocenters. The van der Waals surface area contributed by atoms with E-state index in [9.17, 15) is 9.59 Å². The first-order chi connectivity index (χ1) is 10.0. The van der Waals surface area contributed by atoms with Crippen molar-refractivity contribution in [3.8, 4) is 0 Å². The molecule has 0 aliphatic heterocycles. The lowest BCUT2D eigenvalue weighted by molar-refractivity contribution is -0.154. The van der Waals surface area contributed by atoms with E-state index in [0.29, 0.717) is 5.92 Å². The molecular weight excluding hydrogens is 266 g/mol. The summed E-state index contributed by atoms with van der Waals surface area (Å²) in [5.74, 6) is -0.161. The van der Waals surface area contributed by atoms with E-state index in [1.807, 2.05) is 24.3 Å². The van der Waals surface area contributed by atoms with Gasteiger partial charge < -0.3 is 10.1 Å². The van der Waals surface area contributed by atoms with E-state index in [1.54, 1.807) is 6.92 Å². The summed E-state index contributed by atoms with van der Waals surface area (Å²) >= 11 is 0. The van der Waals surface area contributed by atoms with Crippen LogP contribution in [0.1, 0.15) is 51.5 Å². The van der Waals surface area contributed by atoms with Gasteiger partial charge in [0.2, 0.25) is 0 Å². The number of benzene rings is 1. The van der Waals surface area contributed by atoms with E-state index in [4.69, 9.17) is 4.74 Å². The Morgan fingerprint density at radius 1 is 1.29 bits per heavy atom. The van der Waals surface area contributed by atoms with Crippen LogP contribution in [-0.2, 0) is 14.3 Å². The molecule has 2 rings (SSSR count). The molecule has 114 valence electrons. The average molecular weight is 289 g/mol. The number of carbonyl (C=O) groups excluding carboxylic acids is 2. The summed E-state index contributed by atoms with van der Waals surface area (Å²) in [4.78, 5) is 23.8. The van der Waals surface area contributed by atoms with Crippen LogP contribution in [0.2, 0.25) is 0 Å². The summed E-state index contributed by atoms with van der Waals surface area (Å²) in [6.07, 6.45) is 2.00. The molecule has 1 N–H and O–H groups in total. The topological polar surface area (TPSA) is 55.4 Å². The number of anilines is 1. The van der Waals surface area contributed by atoms with Gasteiger partial charge in [-0.2, -0.15) is 0 Å². The smallest absolute Gasteiger partial charge is 0.309 e. The van der Waals surface area contributed by atoms with Crippen molar-refractivity contribution in [2.45, 2.75) is 52.1 Å². The fraction of sp³-hybridized carbons (Fsp3) is 0.529. The highest BCUT2D eigenvalue weighted by molar-refractivity contribution is 5.96. The van der Waals surface area contributed by atoms with Gasteiger partial charge in [-0.1, -0.05) is 32.0 Å². The summed E-state index contributed by atoms with van der Waals surface area (Å²) in [6.45, 7) is 5.85. The molecule has 2 atom stereocenters. The number of esters is 1. The van der Waals surface area contributed by atoms with Crippen molar-refractivity contribution in [3.05, 3.63) is 29.8 Å². The molecule has 0 spiro atoms. The molecule has 1 aliphatic rings. The molecule has 4 heteroatoms. The maximum Gasteiger partial charge on any atom is 0.309 e. The molecule has 21 heavy (non-hydrogen) atoms. The Morgan fingerprint density at radius 2 is 1.95 bits per heavy atom. The van der Waals surface area contributed by atoms with E-state index in [-0.39, 0.29) is 17.8 Å². The van der Waals surface area contributed by atoms with Crippen LogP contribution in [0.15, 0.2) is 24.3 Å². The molecule has 1 saturated carbocycles. The standard InChI is InChI=1S/C17H23NO3/c1-4-11(2)14-7-5-6-8-15(14)18-16(19)12(3)21-17(20)13-9-10-13/h5-8,11-13H,4,9-10H2,1-3H3,(H,18,19)/t11-,12+/m0/s1. The van der Waals surface area contributed by atoms with Crippen LogP contribution in [0.5, 0.6) is 0 Å². The third-order valence-electron chi connectivity index (χ3n) is 3.93. The molecule has 1 aromatic carbocycles. The lowest BCUT2D eigenvalue weighted by Crippen LogP contribution is -2.30. The van der Waals surface area contributed by atoms with Crippen molar-refractivity contribution in [3.63, 3.8) is 0 Å². The lowest BCUT2D eigenvalue weighted by Gasteiger charge is -2.18. The van der Waals surface area contributed by atoms with E-state index in [2.05, 4.69) is 19.2 Å². The van der Waals surface area contributed by atoms with Crippen molar-refractivity contribution in [2.24, 2.45) is 5.92 Å². The lowest BCUT2D eigenvalue weighted by atomic mass is 9.97. The maximum atomic E-state index is 12.2. The molecule has 0 heterocycles. The predicted octanol–water partition coefficient (Wildman–Crippen LogP) is 3.48. The number of amides is 1. The highest BCUT2D eigenvalue weighted by atomic mass is 16.5. The number of rotatable bonds is 6. The number of carbonyl (C=O) groups is 2. The van der Waals surface area contributed by atoms with Crippen molar-refractivity contribution in [1.29, 1.82) is 0 Å². The third-order valence-corrected chi connectivity index (χ3v) is 3.93. The van der Waals surface area contributed by atoms with E-state index in [1.165, 1.54) is 0 Å². The Labute approximate surface area is 125 Å². The van der Waals surface area contributed by atoms with Gasteiger partial charge in [0, 0.05) is 5.69 Å². The van der Waals surface area contributed by atoms with Gasteiger partial charge in [0.05, 0.1) is 5.92 Å². The molecule has 0 radical (unpaired) electrons. The molecular formula is C17H23NO3. The van der Waals surface area contributed by atoms with Gasteiger partial charge in [-0.3, -0.25) is 9.59 Å². The van der Waals surface area contributed by atoms with Crippen molar-refractivity contribution < 1.29 is 14.3 Å². The SMILES string of the molecule is CC[C@H](C)c1ccccc1NC(=O)[C@@H](C)OC(=O)C1CC1. The van der Waals surface area contributed by atoms with Gasteiger partial charge in [-0.15, -0.1) is 0 Å². The number of para-hydroxylation sites is 1. The van der Waals surface area contributed by atoms with Crippen molar-refractivity contribution in [1.82, 2.24) is 0 Å². The Hall–Kier alpha value is -1.84. The summed E-state index contributed by atoms with van der Waals surface area (Å²) < 4.78 is 5.18. The van der Waals surface area contributed by atoms with Crippen molar-refractivity contribution >= 4 is 17.6 Å². The minimum Gasteiger partial charge on any atom is -0.452 e. The zero-order valence-corrected chi connectivity index (χ0v) is 12.9. The van der Waals surface area contributed by atoms with Crippen LogP contribution in [-0.4, -0.2) is 18.0 Å². The first kappa shape index (κ1) is 15.5. The second kappa shape index (κ2) is 6.74. The normalized spacial score (nSPS) is 16.9. The van der Waals surface area contributed by atoms with E-state index in [0.717, 1.165) is 30.5 Å². The zero-order chi connectivity index (χ0) is 15.4. The second-order valence-corrected chi connectivity index (χ2v) is 5.74. The van der Waals surface area contributed by atoms with Gasteiger partial charge in [0.1, 0.15) is 0 Å². The Balaban J connectivity index is 2.00. The minimum absolute atomic E-state index is 0.00708. The summed E-state index contributed by atoms with van der Waals surface area (Å²) in [7, 11) is 0. The summed E-state index contributed by atoms with van der Waals surface area (Å²) in [5, 5.41) is 2.87. The second-order valence-electron chi connectivity index (χ2n) is 5.74. The number of nitrogens with one attached hydrogen (secondary N) is 1. The van der Waals surface area contributed by atoms with Gasteiger partial charge in [-0.25, -0.2) is 0 Å². The predicted molar refractivity (Wildman–Crippen MR) is 82.1 cm³/mol. The number of hydrogen-bond acceptors (Lipinski definition) is 3. The molecule has 0 bridgehead atoms. The Kier molecular flexibility index (Phi) is 4.99. The van der Waals surface area contributed by atoms with Crippen LogP contribution in [0.3, 0.4) is 0 Å². The number of ether oxygens (including phenoxy) is 1. The number of hydrogen-bond donors (Lipinski definition) is 1. The first-order valence-corrected chi connectivity index (χ1v) is 7.63. The largest absolute Gasteiger partial charge is 0.452 e. The molecule has 0 aromatic heterocycles. The molecule has 1 aliphatic carbocycles. The molecule has 1 aromatic rings. The molecule has 4 nitrogen and oxygen atoms in total.